The first-order chi connectivity index (χ1) is 9.27. The highest BCUT2D eigenvalue weighted by Crippen LogP contribution is 2.31. The zero-order valence-electron chi connectivity index (χ0n) is 11.5. The van der Waals surface area contributed by atoms with Gasteiger partial charge in [-0.1, -0.05) is 12.1 Å². The van der Waals surface area contributed by atoms with Crippen LogP contribution in [0.3, 0.4) is 0 Å². The van der Waals surface area contributed by atoms with Gasteiger partial charge in [0, 0.05) is 19.3 Å². The van der Waals surface area contributed by atoms with E-state index < -0.39 is 11.7 Å². The maximum absolute atomic E-state index is 12.7. The van der Waals surface area contributed by atoms with Crippen LogP contribution in [0.25, 0.3) is 0 Å². The van der Waals surface area contributed by atoms with Crippen LogP contribution in [0.1, 0.15) is 29.8 Å². The van der Waals surface area contributed by atoms with Gasteiger partial charge in [-0.15, -0.1) is 0 Å². The van der Waals surface area contributed by atoms with Crippen molar-refractivity contribution in [1.82, 2.24) is 9.78 Å². The lowest BCUT2D eigenvalue weighted by atomic mass is 10.0. The summed E-state index contributed by atoms with van der Waals surface area (Å²) in [6.07, 6.45) is -2.51. The van der Waals surface area contributed by atoms with Crippen LogP contribution in [-0.4, -0.2) is 9.78 Å². The van der Waals surface area contributed by atoms with Crippen molar-refractivity contribution in [2.45, 2.75) is 26.1 Å². The molecule has 0 saturated carbocycles. The molecular weight excluding hydrogens is 267 g/mol. The maximum atomic E-state index is 12.7. The van der Waals surface area contributed by atoms with Crippen LogP contribution in [-0.2, 0) is 13.2 Å². The van der Waals surface area contributed by atoms with Crippen LogP contribution in [0.5, 0.6) is 0 Å². The lowest BCUT2D eigenvalue weighted by molar-refractivity contribution is -0.137. The van der Waals surface area contributed by atoms with Crippen molar-refractivity contribution in [2.24, 2.45) is 7.05 Å². The van der Waals surface area contributed by atoms with Crippen molar-refractivity contribution in [3.05, 3.63) is 47.3 Å². The fraction of sp³-hybridized carbons (Fsp3) is 0.357. The van der Waals surface area contributed by atoms with E-state index in [9.17, 15) is 13.2 Å². The Hall–Kier alpha value is -1.98. The molecule has 0 aliphatic carbocycles. The number of aromatic nitrogens is 2. The second-order valence-electron chi connectivity index (χ2n) is 4.79. The SMILES string of the molecule is Cc1nn(C)cc1NC(C)c1cccc(C(F)(F)F)c1. The number of alkyl halides is 3. The zero-order valence-corrected chi connectivity index (χ0v) is 11.5. The molecule has 0 spiro atoms. The van der Waals surface area contributed by atoms with Crippen molar-refractivity contribution in [3.63, 3.8) is 0 Å². The van der Waals surface area contributed by atoms with Crippen molar-refractivity contribution < 1.29 is 13.2 Å². The molecule has 1 atom stereocenters. The van der Waals surface area contributed by atoms with Crippen molar-refractivity contribution in [2.75, 3.05) is 5.32 Å². The van der Waals surface area contributed by atoms with E-state index in [0.717, 1.165) is 17.4 Å². The third kappa shape index (κ3) is 3.12. The number of rotatable bonds is 3. The van der Waals surface area contributed by atoms with Crippen LogP contribution in [0.15, 0.2) is 30.5 Å². The third-order valence-corrected chi connectivity index (χ3v) is 3.10. The smallest absolute Gasteiger partial charge is 0.376 e. The Kier molecular flexibility index (Phi) is 3.74. The summed E-state index contributed by atoms with van der Waals surface area (Å²) in [5.41, 5.74) is 1.58. The van der Waals surface area contributed by atoms with Crippen molar-refractivity contribution in [3.8, 4) is 0 Å². The number of aryl methyl sites for hydroxylation is 2. The van der Waals surface area contributed by atoms with Gasteiger partial charge < -0.3 is 5.32 Å². The standard InChI is InChI=1S/C14H16F3N3/c1-9(18-13-8-20(3)19-10(13)2)11-5-4-6-12(7-11)14(15,16)17/h4-9,18H,1-3H3. The minimum atomic E-state index is -4.32. The lowest BCUT2D eigenvalue weighted by Crippen LogP contribution is -2.10. The summed E-state index contributed by atoms with van der Waals surface area (Å²) in [5, 5.41) is 7.36. The van der Waals surface area contributed by atoms with Crippen LogP contribution in [0, 0.1) is 6.92 Å². The van der Waals surface area contributed by atoms with Gasteiger partial charge in [0.15, 0.2) is 0 Å². The van der Waals surface area contributed by atoms with Crippen molar-refractivity contribution >= 4 is 5.69 Å². The van der Waals surface area contributed by atoms with E-state index in [4.69, 9.17) is 0 Å². The number of nitrogens with one attached hydrogen (secondary N) is 1. The van der Waals surface area contributed by atoms with Crippen molar-refractivity contribution in [1.29, 1.82) is 0 Å². The normalized spacial score (nSPS) is 13.3. The highest BCUT2D eigenvalue weighted by Gasteiger charge is 2.30. The van der Waals surface area contributed by atoms with E-state index >= 15 is 0 Å². The molecule has 0 amide bonds. The van der Waals surface area contributed by atoms with E-state index in [1.807, 2.05) is 13.8 Å². The van der Waals surface area contributed by atoms with Crippen LogP contribution in [0.4, 0.5) is 18.9 Å². The molecule has 0 fully saturated rings. The molecule has 0 bridgehead atoms. The second-order valence-corrected chi connectivity index (χ2v) is 4.79. The molecule has 20 heavy (non-hydrogen) atoms. The largest absolute Gasteiger partial charge is 0.416 e. The molecule has 1 aromatic heterocycles. The minimum absolute atomic E-state index is 0.236. The lowest BCUT2D eigenvalue weighted by Gasteiger charge is -2.16. The van der Waals surface area contributed by atoms with Gasteiger partial charge in [-0.2, -0.15) is 18.3 Å². The number of anilines is 1. The Morgan fingerprint density at radius 1 is 1.30 bits per heavy atom. The monoisotopic (exact) mass is 283 g/mol. The Morgan fingerprint density at radius 3 is 2.55 bits per heavy atom. The first-order valence-electron chi connectivity index (χ1n) is 6.21. The van der Waals surface area contributed by atoms with Gasteiger partial charge in [0.2, 0.25) is 0 Å². The molecule has 0 radical (unpaired) electrons. The first kappa shape index (κ1) is 14.4. The number of halogens is 3. The zero-order chi connectivity index (χ0) is 14.9. The summed E-state index contributed by atoms with van der Waals surface area (Å²) in [4.78, 5) is 0. The Labute approximate surface area is 115 Å². The average Bonchev–Trinajstić information content (AvgIpc) is 2.67. The fourth-order valence-corrected chi connectivity index (χ4v) is 2.04. The number of nitrogens with zero attached hydrogens (tertiary/aromatic N) is 2. The number of hydrogen-bond acceptors (Lipinski definition) is 2. The molecule has 0 aliphatic rings. The molecule has 0 aliphatic heterocycles. The Bertz CT molecular complexity index is 602. The summed E-state index contributed by atoms with van der Waals surface area (Å²) < 4.78 is 39.7. The maximum Gasteiger partial charge on any atom is 0.416 e. The quantitative estimate of drug-likeness (QED) is 0.925. The summed E-state index contributed by atoms with van der Waals surface area (Å²) in [6, 6.07) is 5.11. The van der Waals surface area contributed by atoms with Gasteiger partial charge in [-0.25, -0.2) is 0 Å². The second kappa shape index (κ2) is 5.19. The fourth-order valence-electron chi connectivity index (χ4n) is 2.04. The van der Waals surface area contributed by atoms with Gasteiger partial charge in [-0.05, 0) is 31.5 Å². The van der Waals surface area contributed by atoms with Gasteiger partial charge in [-0.3, -0.25) is 4.68 Å². The molecular formula is C14H16F3N3. The number of hydrogen-bond donors (Lipinski definition) is 1. The van der Waals surface area contributed by atoms with Gasteiger partial charge >= 0.3 is 6.18 Å². The van der Waals surface area contributed by atoms with Gasteiger partial charge in [0.1, 0.15) is 0 Å². The van der Waals surface area contributed by atoms with E-state index in [0.29, 0.717) is 5.56 Å². The molecule has 0 saturated heterocycles. The van der Waals surface area contributed by atoms with E-state index in [2.05, 4.69) is 10.4 Å². The summed E-state index contributed by atoms with van der Waals surface area (Å²) in [6.45, 7) is 3.67. The van der Waals surface area contributed by atoms with Crippen LogP contribution >= 0.6 is 0 Å². The molecule has 1 heterocycles. The Morgan fingerprint density at radius 2 is 2.00 bits per heavy atom. The predicted molar refractivity (Wildman–Crippen MR) is 71.4 cm³/mol. The topological polar surface area (TPSA) is 29.9 Å². The third-order valence-electron chi connectivity index (χ3n) is 3.10. The van der Waals surface area contributed by atoms with Crippen LogP contribution < -0.4 is 5.32 Å². The first-order valence-corrected chi connectivity index (χ1v) is 6.21. The molecule has 2 rings (SSSR count). The van der Waals surface area contributed by atoms with Crippen LogP contribution in [0.2, 0.25) is 0 Å². The highest BCUT2D eigenvalue weighted by atomic mass is 19.4. The van der Waals surface area contributed by atoms with Gasteiger partial charge in [0.05, 0.1) is 16.9 Å². The minimum Gasteiger partial charge on any atom is -0.376 e. The predicted octanol–water partition coefficient (Wildman–Crippen LogP) is 3.92. The summed E-state index contributed by atoms with van der Waals surface area (Å²) >= 11 is 0. The highest BCUT2D eigenvalue weighted by molar-refractivity contribution is 5.48. The molecule has 6 heteroatoms. The molecule has 1 unspecified atom stereocenters. The van der Waals surface area contributed by atoms with E-state index in [-0.39, 0.29) is 6.04 Å². The molecule has 1 aromatic carbocycles. The van der Waals surface area contributed by atoms with Gasteiger partial charge in [0.25, 0.3) is 0 Å². The molecule has 3 nitrogen and oxygen atoms in total. The molecule has 2 aromatic rings. The molecule has 108 valence electrons. The summed E-state index contributed by atoms with van der Waals surface area (Å²) in [5.74, 6) is 0. The number of benzene rings is 1. The summed E-state index contributed by atoms with van der Waals surface area (Å²) in [7, 11) is 1.80. The molecule has 1 N–H and O–H groups in total. The average molecular weight is 283 g/mol. The Balaban J connectivity index is 2.21. The van der Waals surface area contributed by atoms with E-state index in [1.54, 1.807) is 24.0 Å². The van der Waals surface area contributed by atoms with E-state index in [1.165, 1.54) is 12.1 Å².